The molecule has 0 saturated carbocycles. The zero-order chi connectivity index (χ0) is 15.1. The van der Waals surface area contributed by atoms with Crippen molar-refractivity contribution in [1.82, 2.24) is 4.90 Å². The maximum atomic E-state index is 12.4. The number of unbranched alkanes of at least 4 members (excludes halogenated alkanes) is 1. The van der Waals surface area contributed by atoms with Crippen LogP contribution in [0.1, 0.15) is 45.6 Å². The summed E-state index contributed by atoms with van der Waals surface area (Å²) in [5.74, 6) is 0.0217. The minimum Gasteiger partial charge on any atom is -0.335 e. The molecule has 0 aliphatic rings. The van der Waals surface area contributed by atoms with Crippen LogP contribution in [0, 0.1) is 0 Å². The van der Waals surface area contributed by atoms with Gasteiger partial charge in [0.15, 0.2) is 0 Å². The summed E-state index contributed by atoms with van der Waals surface area (Å²) in [4.78, 5) is 14.3. The van der Waals surface area contributed by atoms with Crippen LogP contribution in [0.5, 0.6) is 0 Å². The Morgan fingerprint density at radius 3 is 2.65 bits per heavy atom. The van der Waals surface area contributed by atoms with E-state index in [1.165, 1.54) is 0 Å². The van der Waals surface area contributed by atoms with Gasteiger partial charge in [0.25, 0.3) is 0 Å². The van der Waals surface area contributed by atoms with Crippen molar-refractivity contribution in [2.75, 3.05) is 0 Å². The van der Waals surface area contributed by atoms with Crippen LogP contribution in [-0.2, 0) is 11.3 Å². The van der Waals surface area contributed by atoms with Gasteiger partial charge in [-0.15, -0.1) is 0 Å². The molecule has 1 aromatic carbocycles. The van der Waals surface area contributed by atoms with Gasteiger partial charge in [-0.25, -0.2) is 0 Å². The van der Waals surface area contributed by atoms with Gasteiger partial charge in [0.2, 0.25) is 5.91 Å². The number of carbonyl (C=O) groups is 1. The van der Waals surface area contributed by atoms with Crippen LogP contribution in [0.25, 0.3) is 0 Å². The van der Waals surface area contributed by atoms with Gasteiger partial charge >= 0.3 is 0 Å². The predicted molar refractivity (Wildman–Crippen MR) is 84.6 cm³/mol. The van der Waals surface area contributed by atoms with Crippen molar-refractivity contribution in [2.24, 2.45) is 5.73 Å². The Bertz CT molecular complexity index is 434. The highest BCUT2D eigenvalue weighted by Crippen LogP contribution is 2.15. The van der Waals surface area contributed by atoms with E-state index in [0.29, 0.717) is 11.6 Å². The Morgan fingerprint density at radius 1 is 1.40 bits per heavy atom. The van der Waals surface area contributed by atoms with Crippen molar-refractivity contribution in [3.05, 3.63) is 34.9 Å². The molecule has 1 amide bonds. The van der Waals surface area contributed by atoms with Crippen molar-refractivity contribution in [2.45, 2.75) is 58.7 Å². The Kier molecular flexibility index (Phi) is 7.03. The second kappa shape index (κ2) is 8.28. The van der Waals surface area contributed by atoms with Crippen LogP contribution in [-0.4, -0.2) is 22.9 Å². The third-order valence-corrected chi connectivity index (χ3v) is 3.57. The minimum atomic E-state index is -0.406. The Balaban J connectivity index is 2.76. The van der Waals surface area contributed by atoms with E-state index in [2.05, 4.69) is 6.92 Å². The molecule has 0 saturated heterocycles. The van der Waals surface area contributed by atoms with E-state index in [-0.39, 0.29) is 11.9 Å². The molecule has 1 atom stereocenters. The molecule has 0 aliphatic heterocycles. The van der Waals surface area contributed by atoms with Crippen molar-refractivity contribution < 1.29 is 4.79 Å². The summed E-state index contributed by atoms with van der Waals surface area (Å²) in [5.41, 5.74) is 7.04. The van der Waals surface area contributed by atoms with Crippen LogP contribution in [0.15, 0.2) is 24.3 Å². The summed E-state index contributed by atoms with van der Waals surface area (Å²) in [6, 6.07) is 7.32. The number of benzene rings is 1. The lowest BCUT2D eigenvalue weighted by molar-refractivity contribution is -0.135. The molecule has 3 nitrogen and oxygen atoms in total. The molecule has 0 bridgehead atoms. The van der Waals surface area contributed by atoms with Gasteiger partial charge in [0.1, 0.15) is 0 Å². The van der Waals surface area contributed by atoms with E-state index < -0.39 is 6.04 Å². The molecule has 0 heterocycles. The fourth-order valence-corrected chi connectivity index (χ4v) is 2.32. The zero-order valence-electron chi connectivity index (χ0n) is 12.6. The Morgan fingerprint density at radius 2 is 2.10 bits per heavy atom. The SMILES string of the molecule is CCCC[C@H](N)C(=O)N(Cc1cccc(Cl)c1)C(C)C. The molecule has 4 heteroatoms. The van der Waals surface area contributed by atoms with Crippen molar-refractivity contribution in [1.29, 1.82) is 0 Å². The average molecular weight is 297 g/mol. The van der Waals surface area contributed by atoms with E-state index in [9.17, 15) is 4.79 Å². The van der Waals surface area contributed by atoms with Gasteiger partial charge in [-0.05, 0) is 38.0 Å². The van der Waals surface area contributed by atoms with Crippen molar-refractivity contribution in [3.63, 3.8) is 0 Å². The first-order valence-corrected chi connectivity index (χ1v) is 7.64. The van der Waals surface area contributed by atoms with Crippen molar-refractivity contribution >= 4 is 17.5 Å². The summed E-state index contributed by atoms with van der Waals surface area (Å²) in [5, 5.41) is 0.689. The molecule has 2 N–H and O–H groups in total. The lowest BCUT2D eigenvalue weighted by Gasteiger charge is -2.29. The quantitative estimate of drug-likeness (QED) is 0.836. The molecule has 0 spiro atoms. The number of hydrogen-bond acceptors (Lipinski definition) is 2. The second-order valence-electron chi connectivity index (χ2n) is 5.44. The van der Waals surface area contributed by atoms with Crippen molar-refractivity contribution in [3.8, 4) is 0 Å². The van der Waals surface area contributed by atoms with E-state index in [0.717, 1.165) is 24.8 Å². The first kappa shape index (κ1) is 17.0. The number of hydrogen-bond donors (Lipinski definition) is 1. The number of rotatable bonds is 7. The van der Waals surface area contributed by atoms with Gasteiger partial charge < -0.3 is 10.6 Å². The van der Waals surface area contributed by atoms with E-state index >= 15 is 0 Å². The third-order valence-electron chi connectivity index (χ3n) is 3.33. The molecule has 0 radical (unpaired) electrons. The van der Waals surface area contributed by atoms with Crippen LogP contribution < -0.4 is 5.73 Å². The molecular formula is C16H25ClN2O. The standard InChI is InChI=1S/C16H25ClN2O/c1-4-5-9-15(18)16(20)19(12(2)3)11-13-7-6-8-14(17)10-13/h6-8,10,12,15H,4-5,9,11,18H2,1-3H3/t15-/m0/s1. The summed E-state index contributed by atoms with van der Waals surface area (Å²) in [7, 11) is 0. The normalized spacial score (nSPS) is 12.5. The largest absolute Gasteiger partial charge is 0.335 e. The molecule has 1 aromatic rings. The van der Waals surface area contributed by atoms with E-state index in [1.54, 1.807) is 0 Å². The minimum absolute atomic E-state index is 0.0217. The third kappa shape index (κ3) is 5.14. The first-order valence-electron chi connectivity index (χ1n) is 7.26. The maximum Gasteiger partial charge on any atom is 0.240 e. The average Bonchev–Trinajstić information content (AvgIpc) is 2.41. The first-order chi connectivity index (χ1) is 9.45. The number of carbonyl (C=O) groups excluding carboxylic acids is 1. The summed E-state index contributed by atoms with van der Waals surface area (Å²) in [6.07, 6.45) is 2.78. The van der Waals surface area contributed by atoms with Crippen LogP contribution in [0.2, 0.25) is 5.02 Å². The number of nitrogens with two attached hydrogens (primary N) is 1. The highest BCUT2D eigenvalue weighted by atomic mass is 35.5. The molecule has 1 rings (SSSR count). The molecule has 0 aromatic heterocycles. The second-order valence-corrected chi connectivity index (χ2v) is 5.87. The number of nitrogens with zero attached hydrogens (tertiary/aromatic N) is 1. The molecule has 0 fully saturated rings. The Hall–Kier alpha value is -1.06. The lowest BCUT2D eigenvalue weighted by atomic mass is 10.1. The van der Waals surface area contributed by atoms with Crippen LogP contribution in [0.3, 0.4) is 0 Å². The zero-order valence-corrected chi connectivity index (χ0v) is 13.4. The fourth-order valence-electron chi connectivity index (χ4n) is 2.11. The smallest absolute Gasteiger partial charge is 0.240 e. The lowest BCUT2D eigenvalue weighted by Crippen LogP contribution is -2.46. The highest BCUT2D eigenvalue weighted by molar-refractivity contribution is 6.30. The summed E-state index contributed by atoms with van der Waals surface area (Å²) >= 11 is 5.99. The molecule has 112 valence electrons. The van der Waals surface area contributed by atoms with Gasteiger partial charge in [0, 0.05) is 17.6 Å². The van der Waals surface area contributed by atoms with Gasteiger partial charge in [-0.3, -0.25) is 4.79 Å². The maximum absolute atomic E-state index is 12.4. The van der Waals surface area contributed by atoms with Gasteiger partial charge in [-0.2, -0.15) is 0 Å². The molecule has 0 aliphatic carbocycles. The molecule has 20 heavy (non-hydrogen) atoms. The van der Waals surface area contributed by atoms with Gasteiger partial charge in [-0.1, -0.05) is 43.5 Å². The number of amides is 1. The summed E-state index contributed by atoms with van der Waals surface area (Å²) < 4.78 is 0. The molecule has 0 unspecified atom stereocenters. The van der Waals surface area contributed by atoms with Crippen LogP contribution >= 0.6 is 11.6 Å². The van der Waals surface area contributed by atoms with Crippen LogP contribution in [0.4, 0.5) is 0 Å². The van der Waals surface area contributed by atoms with E-state index in [4.69, 9.17) is 17.3 Å². The summed E-state index contributed by atoms with van der Waals surface area (Å²) in [6.45, 7) is 6.67. The van der Waals surface area contributed by atoms with E-state index in [1.807, 2.05) is 43.0 Å². The Labute approximate surface area is 127 Å². The van der Waals surface area contributed by atoms with Gasteiger partial charge in [0.05, 0.1) is 6.04 Å². The topological polar surface area (TPSA) is 46.3 Å². The monoisotopic (exact) mass is 296 g/mol. The molecular weight excluding hydrogens is 272 g/mol. The predicted octanol–water partition coefficient (Wildman–Crippen LogP) is 3.59. The fraction of sp³-hybridized carbons (Fsp3) is 0.562. The number of halogens is 1. The highest BCUT2D eigenvalue weighted by Gasteiger charge is 2.23.